The number of carbonyl (C=O) groups excluding carboxylic acids is 1. The Kier molecular flexibility index (Phi) is 6.28. The predicted molar refractivity (Wildman–Crippen MR) is 103 cm³/mol. The molecule has 0 fully saturated rings. The summed E-state index contributed by atoms with van der Waals surface area (Å²) in [5.74, 6) is 0.543. The largest absolute Gasteiger partial charge is 0.385 e. The molecular weight excluding hydrogens is 369 g/mol. The molecule has 6 nitrogen and oxygen atoms in total. The van der Waals surface area contributed by atoms with Gasteiger partial charge in [-0.2, -0.15) is 0 Å². The summed E-state index contributed by atoms with van der Waals surface area (Å²) >= 11 is 1.68. The lowest BCUT2D eigenvalue weighted by Gasteiger charge is -2.26. The summed E-state index contributed by atoms with van der Waals surface area (Å²) in [4.78, 5) is 23.4. The summed E-state index contributed by atoms with van der Waals surface area (Å²) in [5.41, 5.74) is 1.67. The third-order valence-electron chi connectivity index (χ3n) is 4.33. The highest BCUT2D eigenvalue weighted by atomic mass is 32.2. The smallest absolute Gasteiger partial charge is 0.269 e. The van der Waals surface area contributed by atoms with E-state index in [9.17, 15) is 19.3 Å². The molecule has 1 aliphatic rings. The van der Waals surface area contributed by atoms with Crippen molar-refractivity contribution in [2.45, 2.75) is 30.2 Å². The molecular formula is C19H20FN3O3S. The molecule has 3 rings (SSSR count). The number of hydrogen-bond donors (Lipinski definition) is 2. The number of rotatable bonds is 7. The van der Waals surface area contributed by atoms with Crippen LogP contribution < -0.4 is 10.6 Å². The van der Waals surface area contributed by atoms with E-state index in [0.29, 0.717) is 19.4 Å². The number of thioether (sulfide) groups is 1. The van der Waals surface area contributed by atoms with Crippen LogP contribution in [0.3, 0.4) is 0 Å². The average Bonchev–Trinajstić information content (AvgIpc) is 2.66. The van der Waals surface area contributed by atoms with E-state index in [2.05, 4.69) is 10.6 Å². The highest BCUT2D eigenvalue weighted by molar-refractivity contribution is 7.99. The summed E-state index contributed by atoms with van der Waals surface area (Å²) < 4.78 is 13.5. The molecule has 1 amide bonds. The monoisotopic (exact) mass is 389 g/mol. The maximum atomic E-state index is 13.5. The van der Waals surface area contributed by atoms with Crippen molar-refractivity contribution in [2.24, 2.45) is 0 Å². The number of nitro benzene ring substituents is 1. The van der Waals surface area contributed by atoms with Crippen LogP contribution in [0.15, 0.2) is 47.4 Å². The van der Waals surface area contributed by atoms with Gasteiger partial charge in [0.05, 0.1) is 11.0 Å². The van der Waals surface area contributed by atoms with Gasteiger partial charge in [-0.05, 0) is 48.7 Å². The molecule has 0 saturated heterocycles. The minimum atomic E-state index is -0.443. The molecule has 0 radical (unpaired) electrons. The van der Waals surface area contributed by atoms with Crippen molar-refractivity contribution < 1.29 is 14.1 Å². The number of non-ortho nitro benzene ring substituents is 1. The van der Waals surface area contributed by atoms with Crippen molar-refractivity contribution >= 4 is 29.0 Å². The number of carbonyl (C=O) groups is 1. The average molecular weight is 389 g/mol. The van der Waals surface area contributed by atoms with E-state index < -0.39 is 4.92 Å². The molecule has 0 aromatic heterocycles. The number of amides is 1. The fraction of sp³-hybridized carbons (Fsp3) is 0.316. The number of nitrogens with one attached hydrogen (secondary N) is 2. The van der Waals surface area contributed by atoms with Crippen LogP contribution in [0, 0.1) is 15.9 Å². The van der Waals surface area contributed by atoms with Gasteiger partial charge in [-0.3, -0.25) is 14.9 Å². The van der Waals surface area contributed by atoms with Crippen molar-refractivity contribution in [3.63, 3.8) is 0 Å². The molecule has 0 spiro atoms. The van der Waals surface area contributed by atoms with Crippen LogP contribution in [-0.4, -0.2) is 23.1 Å². The van der Waals surface area contributed by atoms with E-state index in [4.69, 9.17) is 0 Å². The SMILES string of the molecule is O=C(CCCNc1ccc([N+](=O)[O-])cc1)NC1CCSc2ccc(F)cc21. The molecule has 0 bridgehead atoms. The Morgan fingerprint density at radius 1 is 1.26 bits per heavy atom. The Hall–Kier alpha value is -2.61. The highest BCUT2D eigenvalue weighted by Crippen LogP contribution is 2.36. The Bertz CT molecular complexity index is 829. The molecule has 2 aromatic rings. The number of benzene rings is 2. The van der Waals surface area contributed by atoms with Gasteiger partial charge in [0.25, 0.3) is 5.69 Å². The third-order valence-corrected chi connectivity index (χ3v) is 5.46. The van der Waals surface area contributed by atoms with Gasteiger partial charge in [-0.1, -0.05) is 0 Å². The first kappa shape index (κ1) is 19.2. The van der Waals surface area contributed by atoms with Gasteiger partial charge < -0.3 is 10.6 Å². The van der Waals surface area contributed by atoms with Gasteiger partial charge in [0.2, 0.25) is 5.91 Å². The molecule has 8 heteroatoms. The number of fused-ring (bicyclic) bond motifs is 1. The van der Waals surface area contributed by atoms with Gasteiger partial charge >= 0.3 is 0 Å². The van der Waals surface area contributed by atoms with Crippen molar-refractivity contribution in [3.05, 3.63) is 64.0 Å². The molecule has 1 unspecified atom stereocenters. The van der Waals surface area contributed by atoms with E-state index >= 15 is 0 Å². The van der Waals surface area contributed by atoms with Crippen LogP contribution in [0.1, 0.15) is 30.9 Å². The van der Waals surface area contributed by atoms with Crippen LogP contribution in [0.4, 0.5) is 15.8 Å². The summed E-state index contributed by atoms with van der Waals surface area (Å²) in [6, 6.07) is 10.7. The second-order valence-corrected chi connectivity index (χ2v) is 7.41. The van der Waals surface area contributed by atoms with Crippen molar-refractivity contribution in [1.82, 2.24) is 5.32 Å². The lowest BCUT2D eigenvalue weighted by atomic mass is 10.0. The fourth-order valence-electron chi connectivity index (χ4n) is 2.96. The van der Waals surface area contributed by atoms with Gasteiger partial charge in [-0.15, -0.1) is 11.8 Å². The fourth-order valence-corrected chi connectivity index (χ4v) is 4.07. The van der Waals surface area contributed by atoms with Crippen molar-refractivity contribution in [1.29, 1.82) is 0 Å². The Morgan fingerprint density at radius 3 is 2.78 bits per heavy atom. The molecule has 0 saturated carbocycles. The van der Waals surface area contributed by atoms with E-state index in [-0.39, 0.29) is 23.5 Å². The van der Waals surface area contributed by atoms with E-state index in [1.807, 2.05) is 0 Å². The van der Waals surface area contributed by atoms with E-state index in [1.54, 1.807) is 30.0 Å². The molecule has 2 aromatic carbocycles. The molecule has 1 aliphatic heterocycles. The van der Waals surface area contributed by atoms with Crippen LogP contribution >= 0.6 is 11.8 Å². The van der Waals surface area contributed by atoms with Crippen LogP contribution in [0.25, 0.3) is 0 Å². The van der Waals surface area contributed by atoms with Gasteiger partial charge in [-0.25, -0.2) is 4.39 Å². The number of hydrogen-bond acceptors (Lipinski definition) is 5. The zero-order chi connectivity index (χ0) is 19.2. The summed E-state index contributed by atoms with van der Waals surface area (Å²) in [6.07, 6.45) is 1.77. The van der Waals surface area contributed by atoms with Crippen LogP contribution in [0.2, 0.25) is 0 Å². The third kappa shape index (κ3) is 5.19. The lowest BCUT2D eigenvalue weighted by molar-refractivity contribution is -0.384. The highest BCUT2D eigenvalue weighted by Gasteiger charge is 2.22. The van der Waals surface area contributed by atoms with E-state index in [1.165, 1.54) is 24.3 Å². The number of nitro groups is 1. The zero-order valence-corrected chi connectivity index (χ0v) is 15.4. The summed E-state index contributed by atoms with van der Waals surface area (Å²) in [5, 5.41) is 16.8. The first-order valence-corrected chi connectivity index (χ1v) is 9.71. The Balaban J connectivity index is 1.44. The summed E-state index contributed by atoms with van der Waals surface area (Å²) in [6.45, 7) is 0.580. The normalized spacial score (nSPS) is 15.7. The summed E-state index contributed by atoms with van der Waals surface area (Å²) in [7, 11) is 0. The maximum Gasteiger partial charge on any atom is 0.269 e. The molecule has 142 valence electrons. The minimum absolute atomic E-state index is 0.0438. The molecule has 2 N–H and O–H groups in total. The molecule has 0 aliphatic carbocycles. The second-order valence-electron chi connectivity index (χ2n) is 6.27. The van der Waals surface area contributed by atoms with Crippen LogP contribution in [-0.2, 0) is 4.79 Å². The maximum absolute atomic E-state index is 13.5. The minimum Gasteiger partial charge on any atom is -0.385 e. The molecule has 1 atom stereocenters. The number of halogens is 1. The van der Waals surface area contributed by atoms with Crippen molar-refractivity contribution in [3.8, 4) is 0 Å². The van der Waals surface area contributed by atoms with Crippen molar-refractivity contribution in [2.75, 3.05) is 17.6 Å². The van der Waals surface area contributed by atoms with Crippen LogP contribution in [0.5, 0.6) is 0 Å². The first-order chi connectivity index (χ1) is 13.0. The van der Waals surface area contributed by atoms with Gasteiger partial charge in [0, 0.05) is 41.4 Å². The molecule has 1 heterocycles. The standard InChI is InChI=1S/C19H20FN3O3S/c20-13-3-8-18-16(12-13)17(9-11-27-18)22-19(24)2-1-10-21-14-4-6-15(7-5-14)23(25)26/h3-8,12,17,21H,1-2,9-11H2,(H,22,24). The Labute approximate surface area is 160 Å². The zero-order valence-electron chi connectivity index (χ0n) is 14.6. The lowest BCUT2D eigenvalue weighted by Crippen LogP contribution is -2.30. The topological polar surface area (TPSA) is 84.3 Å². The number of anilines is 1. The second kappa shape index (κ2) is 8.85. The van der Waals surface area contributed by atoms with Gasteiger partial charge in [0.1, 0.15) is 5.82 Å². The van der Waals surface area contributed by atoms with Gasteiger partial charge in [0.15, 0.2) is 0 Å². The predicted octanol–water partition coefficient (Wildman–Crippen LogP) is 4.28. The molecule has 27 heavy (non-hydrogen) atoms. The number of nitrogens with zero attached hydrogens (tertiary/aromatic N) is 1. The first-order valence-electron chi connectivity index (χ1n) is 8.73. The quantitative estimate of drug-likeness (QED) is 0.419. The van der Waals surface area contributed by atoms with E-state index in [0.717, 1.165) is 28.3 Å². The Morgan fingerprint density at radius 2 is 2.04 bits per heavy atom.